The second-order valence-electron chi connectivity index (χ2n) is 5.62. The van der Waals surface area contributed by atoms with Crippen LogP contribution in [0.2, 0.25) is 0 Å². The summed E-state index contributed by atoms with van der Waals surface area (Å²) in [6.07, 6.45) is 3.15. The van der Waals surface area contributed by atoms with E-state index >= 15 is 0 Å². The lowest BCUT2D eigenvalue weighted by molar-refractivity contribution is -0.117. The van der Waals surface area contributed by atoms with Gasteiger partial charge in [0.1, 0.15) is 0 Å². The first kappa shape index (κ1) is 14.5. The molecule has 0 aliphatic carbocycles. The van der Waals surface area contributed by atoms with E-state index in [1.807, 2.05) is 18.2 Å². The zero-order valence-electron chi connectivity index (χ0n) is 12.0. The third-order valence-corrected chi connectivity index (χ3v) is 3.37. The lowest BCUT2D eigenvalue weighted by atomic mass is 9.94. The zero-order valence-corrected chi connectivity index (χ0v) is 12.0. The number of rotatable bonds is 6. The second kappa shape index (κ2) is 6.52. The summed E-state index contributed by atoms with van der Waals surface area (Å²) < 4.78 is 0. The Hall–Kier alpha value is -1.88. The van der Waals surface area contributed by atoms with Crippen LogP contribution in [0.25, 0.3) is 10.9 Å². The van der Waals surface area contributed by atoms with Crippen LogP contribution in [0.4, 0.5) is 5.69 Å². The fraction of sp³-hybridized carbons (Fsp3) is 0.467. The van der Waals surface area contributed by atoms with E-state index in [9.17, 15) is 4.79 Å². The number of aromatic amines is 1. The smallest absolute Gasteiger partial charge is 0.224 e. The van der Waals surface area contributed by atoms with E-state index in [0.717, 1.165) is 23.0 Å². The summed E-state index contributed by atoms with van der Waals surface area (Å²) in [5.74, 6) is 0.794. The van der Waals surface area contributed by atoms with E-state index in [-0.39, 0.29) is 11.8 Å². The molecule has 4 N–H and O–H groups in total. The third kappa shape index (κ3) is 3.57. The minimum atomic E-state index is 0.00907. The van der Waals surface area contributed by atoms with E-state index < -0.39 is 0 Å². The monoisotopic (exact) mass is 274 g/mol. The molecule has 0 radical (unpaired) electrons. The minimum absolute atomic E-state index is 0.00907. The molecule has 0 spiro atoms. The summed E-state index contributed by atoms with van der Waals surface area (Å²) in [5, 5.41) is 10.8. The fourth-order valence-corrected chi connectivity index (χ4v) is 2.47. The molecule has 0 aliphatic heterocycles. The minimum Gasteiger partial charge on any atom is -0.330 e. The third-order valence-electron chi connectivity index (χ3n) is 3.37. The van der Waals surface area contributed by atoms with E-state index in [1.54, 1.807) is 6.20 Å². The molecule has 1 amide bonds. The van der Waals surface area contributed by atoms with Crippen molar-refractivity contribution in [3.63, 3.8) is 0 Å². The van der Waals surface area contributed by atoms with Crippen LogP contribution >= 0.6 is 0 Å². The number of carbonyl (C=O) groups excluding carboxylic acids is 1. The maximum Gasteiger partial charge on any atom is 0.224 e. The molecule has 0 unspecified atom stereocenters. The van der Waals surface area contributed by atoms with Crippen LogP contribution in [0.1, 0.15) is 26.7 Å². The van der Waals surface area contributed by atoms with Gasteiger partial charge in [0, 0.05) is 11.8 Å². The first-order valence-corrected chi connectivity index (χ1v) is 7.02. The van der Waals surface area contributed by atoms with Gasteiger partial charge in [0.2, 0.25) is 5.91 Å². The summed E-state index contributed by atoms with van der Waals surface area (Å²) in [7, 11) is 0. The van der Waals surface area contributed by atoms with Crippen molar-refractivity contribution < 1.29 is 4.79 Å². The number of H-pyrrole nitrogens is 1. The molecule has 0 fully saturated rings. The second-order valence-corrected chi connectivity index (χ2v) is 5.62. The van der Waals surface area contributed by atoms with Crippen molar-refractivity contribution in [3.8, 4) is 0 Å². The van der Waals surface area contributed by atoms with Crippen molar-refractivity contribution in [1.82, 2.24) is 10.2 Å². The molecule has 1 heterocycles. The molecule has 0 aliphatic rings. The van der Waals surface area contributed by atoms with Crippen molar-refractivity contribution in [3.05, 3.63) is 24.4 Å². The molecule has 0 saturated carbocycles. The molecule has 5 heteroatoms. The SMILES string of the molecule is CC(C)C[C@H](CN)CC(=O)Nc1cccc2[nH]ncc12. The largest absolute Gasteiger partial charge is 0.330 e. The van der Waals surface area contributed by atoms with Gasteiger partial charge in [0.25, 0.3) is 0 Å². The number of carbonyl (C=O) groups is 1. The summed E-state index contributed by atoms with van der Waals surface area (Å²) in [6, 6.07) is 5.71. The predicted molar refractivity (Wildman–Crippen MR) is 81.3 cm³/mol. The Morgan fingerprint density at radius 1 is 1.45 bits per heavy atom. The number of anilines is 1. The van der Waals surface area contributed by atoms with Crippen LogP contribution < -0.4 is 11.1 Å². The molecule has 1 aromatic heterocycles. The zero-order chi connectivity index (χ0) is 14.5. The number of hydrogen-bond donors (Lipinski definition) is 3. The van der Waals surface area contributed by atoms with Gasteiger partial charge in [-0.3, -0.25) is 9.89 Å². The Labute approximate surface area is 118 Å². The first-order chi connectivity index (χ1) is 9.60. The fourth-order valence-electron chi connectivity index (χ4n) is 2.47. The maximum atomic E-state index is 12.1. The first-order valence-electron chi connectivity index (χ1n) is 7.02. The molecule has 0 bridgehead atoms. The van der Waals surface area contributed by atoms with E-state index in [2.05, 4.69) is 29.4 Å². The summed E-state index contributed by atoms with van der Waals surface area (Å²) in [4.78, 5) is 12.1. The molecule has 2 rings (SSSR count). The van der Waals surface area contributed by atoms with Crippen LogP contribution in [-0.2, 0) is 4.79 Å². The Morgan fingerprint density at radius 3 is 2.95 bits per heavy atom. The number of hydrogen-bond acceptors (Lipinski definition) is 3. The molecular weight excluding hydrogens is 252 g/mol. The normalized spacial score (nSPS) is 12.8. The van der Waals surface area contributed by atoms with Gasteiger partial charge in [-0.2, -0.15) is 5.10 Å². The van der Waals surface area contributed by atoms with Crippen molar-refractivity contribution in [2.45, 2.75) is 26.7 Å². The number of fused-ring (bicyclic) bond motifs is 1. The average Bonchev–Trinajstić information content (AvgIpc) is 2.86. The Morgan fingerprint density at radius 2 is 2.25 bits per heavy atom. The van der Waals surface area contributed by atoms with Crippen molar-refractivity contribution in [2.24, 2.45) is 17.6 Å². The standard InChI is InChI=1S/C15H22N4O/c1-10(2)6-11(8-16)7-15(20)18-13-4-3-5-14-12(13)9-17-19-14/h3-5,9-11H,6-8,16H2,1-2H3,(H,17,19)(H,18,20)/t11-/m0/s1. The van der Waals surface area contributed by atoms with Gasteiger partial charge in [-0.05, 0) is 36.9 Å². The molecule has 5 nitrogen and oxygen atoms in total. The van der Waals surface area contributed by atoms with Gasteiger partial charge in [0.05, 0.1) is 17.4 Å². The summed E-state index contributed by atoms with van der Waals surface area (Å²) >= 11 is 0. The maximum absolute atomic E-state index is 12.1. The molecular formula is C15H22N4O. The van der Waals surface area contributed by atoms with Gasteiger partial charge < -0.3 is 11.1 Å². The molecule has 0 saturated heterocycles. The van der Waals surface area contributed by atoms with Gasteiger partial charge in [-0.15, -0.1) is 0 Å². The van der Waals surface area contributed by atoms with Gasteiger partial charge >= 0.3 is 0 Å². The van der Waals surface area contributed by atoms with E-state index in [0.29, 0.717) is 18.9 Å². The number of aromatic nitrogens is 2. The van der Waals surface area contributed by atoms with Gasteiger partial charge in [-0.25, -0.2) is 0 Å². The van der Waals surface area contributed by atoms with Crippen LogP contribution in [-0.4, -0.2) is 22.6 Å². The number of nitrogens with two attached hydrogens (primary N) is 1. The van der Waals surface area contributed by atoms with E-state index in [4.69, 9.17) is 5.73 Å². The average molecular weight is 274 g/mol. The molecule has 2 aromatic rings. The topological polar surface area (TPSA) is 83.8 Å². The lowest BCUT2D eigenvalue weighted by Crippen LogP contribution is -2.23. The highest BCUT2D eigenvalue weighted by molar-refractivity contribution is 6.00. The number of benzene rings is 1. The molecule has 20 heavy (non-hydrogen) atoms. The van der Waals surface area contributed by atoms with Crippen LogP contribution in [0, 0.1) is 11.8 Å². The van der Waals surface area contributed by atoms with Crippen molar-refractivity contribution in [2.75, 3.05) is 11.9 Å². The summed E-state index contributed by atoms with van der Waals surface area (Å²) in [6.45, 7) is 4.83. The number of nitrogens with zero attached hydrogens (tertiary/aromatic N) is 1. The van der Waals surface area contributed by atoms with E-state index in [1.165, 1.54) is 0 Å². The van der Waals surface area contributed by atoms with Crippen LogP contribution in [0.3, 0.4) is 0 Å². The lowest BCUT2D eigenvalue weighted by Gasteiger charge is -2.16. The van der Waals surface area contributed by atoms with Crippen molar-refractivity contribution in [1.29, 1.82) is 0 Å². The highest BCUT2D eigenvalue weighted by Gasteiger charge is 2.15. The van der Waals surface area contributed by atoms with Crippen LogP contribution in [0.5, 0.6) is 0 Å². The predicted octanol–water partition coefficient (Wildman–Crippen LogP) is 2.51. The highest BCUT2D eigenvalue weighted by atomic mass is 16.1. The summed E-state index contributed by atoms with van der Waals surface area (Å²) in [5.41, 5.74) is 7.45. The van der Waals surface area contributed by atoms with Gasteiger partial charge in [-0.1, -0.05) is 19.9 Å². The number of nitrogens with one attached hydrogen (secondary N) is 2. The molecule has 1 aromatic carbocycles. The molecule has 108 valence electrons. The Bertz CT molecular complexity index is 576. The quantitative estimate of drug-likeness (QED) is 0.756. The number of amides is 1. The van der Waals surface area contributed by atoms with Crippen LogP contribution in [0.15, 0.2) is 24.4 Å². The Balaban J connectivity index is 2.02. The molecule has 1 atom stereocenters. The highest BCUT2D eigenvalue weighted by Crippen LogP contribution is 2.22. The Kier molecular flexibility index (Phi) is 4.74. The van der Waals surface area contributed by atoms with Crippen molar-refractivity contribution >= 4 is 22.5 Å². The van der Waals surface area contributed by atoms with Gasteiger partial charge in [0.15, 0.2) is 0 Å².